The van der Waals surface area contributed by atoms with Gasteiger partial charge in [-0.25, -0.2) is 13.6 Å². The Morgan fingerprint density at radius 1 is 1.03 bits per heavy atom. The van der Waals surface area contributed by atoms with Gasteiger partial charge in [-0.3, -0.25) is 0 Å². The van der Waals surface area contributed by atoms with Crippen LogP contribution < -0.4 is 9.64 Å². The fraction of sp³-hybridized carbons (Fsp3) is 0.208. The topological polar surface area (TPSA) is 49.8 Å². The zero-order chi connectivity index (χ0) is 21.1. The second-order valence-corrected chi connectivity index (χ2v) is 7.27. The Hall–Kier alpha value is -3.41. The van der Waals surface area contributed by atoms with Crippen molar-refractivity contribution < 1.29 is 23.4 Å². The van der Waals surface area contributed by atoms with Gasteiger partial charge in [0.2, 0.25) is 0 Å². The predicted molar refractivity (Wildman–Crippen MR) is 110 cm³/mol. The number of carboxylic acid groups (broad SMARTS) is 1. The number of fused-ring (bicyclic) bond motifs is 1. The lowest BCUT2D eigenvalue weighted by molar-refractivity contribution is 0.0695. The normalized spacial score (nSPS) is 13.1. The summed E-state index contributed by atoms with van der Waals surface area (Å²) in [5.74, 6) is -1.57. The fourth-order valence-electron chi connectivity index (χ4n) is 3.84. The maximum Gasteiger partial charge on any atom is 0.336 e. The lowest BCUT2D eigenvalue weighted by Gasteiger charge is -2.32. The van der Waals surface area contributed by atoms with Gasteiger partial charge < -0.3 is 14.7 Å². The molecule has 0 spiro atoms. The first kappa shape index (κ1) is 19.9. The van der Waals surface area contributed by atoms with Gasteiger partial charge in [-0.15, -0.1) is 0 Å². The summed E-state index contributed by atoms with van der Waals surface area (Å²) < 4.78 is 32.9. The third-order valence-electron chi connectivity index (χ3n) is 5.31. The highest BCUT2D eigenvalue weighted by Gasteiger charge is 2.22. The van der Waals surface area contributed by atoms with Gasteiger partial charge in [0.25, 0.3) is 0 Å². The SMILES string of the molecule is O=C(O)c1cccc2c1CCCN2Cc1ccccc1OCc1ccc(F)cc1F. The number of anilines is 1. The fourth-order valence-corrected chi connectivity index (χ4v) is 3.84. The molecule has 6 heteroatoms. The first-order valence-corrected chi connectivity index (χ1v) is 9.77. The van der Waals surface area contributed by atoms with Crippen LogP contribution in [0.1, 0.15) is 33.5 Å². The molecular weight excluding hydrogens is 388 g/mol. The zero-order valence-electron chi connectivity index (χ0n) is 16.3. The van der Waals surface area contributed by atoms with Crippen LogP contribution in [0.2, 0.25) is 0 Å². The lowest BCUT2D eigenvalue weighted by Crippen LogP contribution is -2.30. The Morgan fingerprint density at radius 2 is 1.87 bits per heavy atom. The number of carbonyl (C=O) groups is 1. The summed E-state index contributed by atoms with van der Waals surface area (Å²) in [5.41, 5.74) is 3.30. The highest BCUT2D eigenvalue weighted by atomic mass is 19.1. The standard InChI is InChI=1S/C24H21F2NO3/c25-18-11-10-17(21(26)13-18)15-30-23-9-2-1-5-16(23)14-27-12-4-7-19-20(24(28)29)6-3-8-22(19)27/h1-3,5-6,8-11,13H,4,7,12,14-15H2,(H,28,29). The maximum atomic E-state index is 13.9. The summed E-state index contributed by atoms with van der Waals surface area (Å²) in [6.07, 6.45) is 1.59. The molecule has 0 bridgehead atoms. The number of hydrogen-bond acceptors (Lipinski definition) is 3. The van der Waals surface area contributed by atoms with Gasteiger partial charge in [0.1, 0.15) is 24.0 Å². The Labute approximate surface area is 173 Å². The molecule has 0 saturated carbocycles. The highest BCUT2D eigenvalue weighted by Crippen LogP contribution is 2.32. The van der Waals surface area contributed by atoms with E-state index in [2.05, 4.69) is 4.90 Å². The molecule has 0 fully saturated rings. The first-order valence-electron chi connectivity index (χ1n) is 9.77. The number of carboxylic acids is 1. The first-order chi connectivity index (χ1) is 14.5. The molecule has 0 aromatic heterocycles. The molecule has 154 valence electrons. The van der Waals surface area contributed by atoms with Crippen LogP contribution >= 0.6 is 0 Å². The van der Waals surface area contributed by atoms with Crippen LogP contribution in [0.5, 0.6) is 5.75 Å². The molecule has 0 amide bonds. The summed E-state index contributed by atoms with van der Waals surface area (Å²) in [5, 5.41) is 9.49. The number of ether oxygens (including phenoxy) is 1. The molecule has 4 nitrogen and oxygen atoms in total. The monoisotopic (exact) mass is 409 g/mol. The molecule has 0 unspecified atom stereocenters. The van der Waals surface area contributed by atoms with E-state index in [1.807, 2.05) is 30.3 Å². The van der Waals surface area contributed by atoms with Gasteiger partial charge >= 0.3 is 5.97 Å². The number of halogens is 2. The minimum atomic E-state index is -0.918. The van der Waals surface area contributed by atoms with E-state index in [-0.39, 0.29) is 12.2 Å². The maximum absolute atomic E-state index is 13.9. The molecule has 3 aromatic rings. The van der Waals surface area contributed by atoms with Crippen molar-refractivity contribution in [2.75, 3.05) is 11.4 Å². The average molecular weight is 409 g/mol. The van der Waals surface area contributed by atoms with E-state index in [0.717, 1.165) is 42.3 Å². The van der Waals surface area contributed by atoms with Gasteiger partial charge in [-0.2, -0.15) is 0 Å². The molecule has 0 radical (unpaired) electrons. The van der Waals surface area contributed by atoms with E-state index >= 15 is 0 Å². The van der Waals surface area contributed by atoms with Crippen LogP contribution in [0.4, 0.5) is 14.5 Å². The molecule has 4 rings (SSSR count). The average Bonchev–Trinajstić information content (AvgIpc) is 2.74. The van der Waals surface area contributed by atoms with E-state index in [9.17, 15) is 18.7 Å². The number of rotatable bonds is 6. The summed E-state index contributed by atoms with van der Waals surface area (Å²) >= 11 is 0. The van der Waals surface area contributed by atoms with Crippen molar-refractivity contribution in [2.24, 2.45) is 0 Å². The Morgan fingerprint density at radius 3 is 2.67 bits per heavy atom. The second-order valence-electron chi connectivity index (χ2n) is 7.27. The summed E-state index contributed by atoms with van der Waals surface area (Å²) in [7, 11) is 0. The van der Waals surface area contributed by atoms with E-state index in [0.29, 0.717) is 17.9 Å². The lowest BCUT2D eigenvalue weighted by atomic mass is 9.96. The molecule has 0 aliphatic carbocycles. The minimum absolute atomic E-state index is 0.0110. The molecular formula is C24H21F2NO3. The zero-order valence-corrected chi connectivity index (χ0v) is 16.3. The summed E-state index contributed by atoms with van der Waals surface area (Å²) in [6, 6.07) is 16.3. The summed E-state index contributed by atoms with van der Waals surface area (Å²) in [4.78, 5) is 13.7. The molecule has 1 heterocycles. The van der Waals surface area contributed by atoms with Crippen molar-refractivity contribution in [2.45, 2.75) is 26.0 Å². The number of aromatic carboxylic acids is 1. The molecule has 0 atom stereocenters. The van der Waals surface area contributed by atoms with E-state index in [4.69, 9.17) is 4.74 Å². The number of benzene rings is 3. The van der Waals surface area contributed by atoms with Crippen molar-refractivity contribution in [3.8, 4) is 5.75 Å². The van der Waals surface area contributed by atoms with E-state index < -0.39 is 17.6 Å². The minimum Gasteiger partial charge on any atom is -0.488 e. The van der Waals surface area contributed by atoms with E-state index in [1.165, 1.54) is 12.1 Å². The molecule has 30 heavy (non-hydrogen) atoms. The van der Waals surface area contributed by atoms with Crippen LogP contribution in [0.15, 0.2) is 60.7 Å². The van der Waals surface area contributed by atoms with Crippen LogP contribution in [0, 0.1) is 11.6 Å². The molecule has 1 aliphatic heterocycles. The van der Waals surface area contributed by atoms with E-state index in [1.54, 1.807) is 12.1 Å². The third-order valence-corrected chi connectivity index (χ3v) is 5.31. The second kappa shape index (κ2) is 8.53. The van der Waals surface area contributed by atoms with Gasteiger partial charge in [0.15, 0.2) is 0 Å². The Bertz CT molecular complexity index is 1080. The van der Waals surface area contributed by atoms with Crippen molar-refractivity contribution in [3.05, 3.63) is 94.6 Å². The van der Waals surface area contributed by atoms with Crippen molar-refractivity contribution in [1.82, 2.24) is 0 Å². The predicted octanol–water partition coefficient (Wildman–Crippen LogP) is 5.19. The van der Waals surface area contributed by atoms with Gasteiger partial charge in [-0.1, -0.05) is 24.3 Å². The Kier molecular flexibility index (Phi) is 5.65. The van der Waals surface area contributed by atoms with Crippen molar-refractivity contribution >= 4 is 11.7 Å². The van der Waals surface area contributed by atoms with Crippen molar-refractivity contribution in [1.29, 1.82) is 0 Å². The number of para-hydroxylation sites is 1. The van der Waals surface area contributed by atoms with Gasteiger partial charge in [0, 0.05) is 36.0 Å². The van der Waals surface area contributed by atoms with Crippen LogP contribution in [0.3, 0.4) is 0 Å². The largest absolute Gasteiger partial charge is 0.488 e. The van der Waals surface area contributed by atoms with Crippen LogP contribution in [0.25, 0.3) is 0 Å². The van der Waals surface area contributed by atoms with Gasteiger partial charge in [0.05, 0.1) is 5.56 Å². The number of nitrogens with zero attached hydrogens (tertiary/aromatic N) is 1. The molecule has 1 N–H and O–H groups in total. The summed E-state index contributed by atoms with van der Waals surface area (Å²) in [6.45, 7) is 1.33. The highest BCUT2D eigenvalue weighted by molar-refractivity contribution is 5.91. The van der Waals surface area contributed by atoms with Gasteiger partial charge in [-0.05, 0) is 48.7 Å². The molecule has 1 aliphatic rings. The van der Waals surface area contributed by atoms with Crippen molar-refractivity contribution in [3.63, 3.8) is 0 Å². The third kappa shape index (κ3) is 4.13. The molecule has 3 aromatic carbocycles. The molecule has 0 saturated heterocycles. The van der Waals surface area contributed by atoms with Crippen LogP contribution in [-0.4, -0.2) is 17.6 Å². The quantitative estimate of drug-likeness (QED) is 0.608. The van der Waals surface area contributed by atoms with Crippen LogP contribution in [-0.2, 0) is 19.6 Å². The Balaban J connectivity index is 1.56. The smallest absolute Gasteiger partial charge is 0.336 e. The number of hydrogen-bond donors (Lipinski definition) is 1.